The summed E-state index contributed by atoms with van der Waals surface area (Å²) in [6.07, 6.45) is 24.2. The maximum atomic E-state index is 2.52. The molecule has 2 nitrogen and oxygen atoms in total. The smallest absolute Gasteiger partial charge is 0.0541 e. The van der Waals surface area contributed by atoms with Gasteiger partial charge >= 0.3 is 0 Å². The van der Waals surface area contributed by atoms with Gasteiger partial charge in [-0.2, -0.15) is 0 Å². The fourth-order valence-corrected chi connectivity index (χ4v) is 9.47. The minimum Gasteiger partial charge on any atom is -0.313 e. The molecule has 0 saturated carbocycles. The molecule has 6 aromatic carbocycles. The minimum absolute atomic E-state index is 0.302. The third-order valence-corrected chi connectivity index (χ3v) is 12.3. The van der Waals surface area contributed by atoms with Crippen molar-refractivity contribution in [3.05, 3.63) is 210 Å². The van der Waals surface area contributed by atoms with E-state index < -0.39 is 0 Å². The van der Waals surface area contributed by atoms with Crippen molar-refractivity contribution in [2.75, 3.05) is 0 Å². The second kappa shape index (κ2) is 13.6. The Balaban J connectivity index is 0.959. The largest absolute Gasteiger partial charge is 0.313 e. The second-order valence-corrected chi connectivity index (χ2v) is 15.5. The van der Waals surface area contributed by atoms with Gasteiger partial charge in [-0.15, -0.1) is 0 Å². The van der Waals surface area contributed by atoms with E-state index in [1.165, 1.54) is 94.0 Å². The highest BCUT2D eigenvalue weighted by atomic mass is 15.0. The van der Waals surface area contributed by atoms with E-state index in [9.17, 15) is 0 Å². The number of aromatic nitrogens is 2. The minimum atomic E-state index is 0.302. The van der Waals surface area contributed by atoms with Crippen molar-refractivity contribution in [1.82, 2.24) is 9.13 Å². The van der Waals surface area contributed by atoms with Crippen LogP contribution >= 0.6 is 0 Å². The monoisotopic (exact) mass is 718 g/mol. The molecule has 0 radical (unpaired) electrons. The van der Waals surface area contributed by atoms with Gasteiger partial charge in [-0.3, -0.25) is 0 Å². The highest BCUT2D eigenvalue weighted by Crippen LogP contribution is 2.41. The first-order valence-electron chi connectivity index (χ1n) is 20.1. The standard InChI is InChI=1S/C54H42N2/c1-3-13-37(14-4-1)39-25-29-45(30-26-39)55-51-23-9-7-21-47(51)49-35-43(27-31-53(49)55)40-17-11-18-41(33-40)44-28-32-54-50(36-44)48-22-8-10-24-52(48)56(54)46-20-12-19-42(34-46)38-15-5-2-6-16-38/h1-3,5-13,15-16,18-25,27-29,31-36,40H,4,14,17,26,30H2. The highest BCUT2D eigenvalue weighted by Gasteiger charge is 2.21. The summed E-state index contributed by atoms with van der Waals surface area (Å²) in [5.41, 5.74) is 16.9. The Hall–Kier alpha value is -6.64. The van der Waals surface area contributed by atoms with E-state index in [0.717, 1.165) is 32.1 Å². The predicted molar refractivity (Wildman–Crippen MR) is 238 cm³/mol. The fourth-order valence-electron chi connectivity index (χ4n) is 9.47. The van der Waals surface area contributed by atoms with E-state index in [-0.39, 0.29) is 0 Å². The lowest BCUT2D eigenvalue weighted by Crippen LogP contribution is -2.03. The lowest BCUT2D eigenvalue weighted by Gasteiger charge is -2.21. The van der Waals surface area contributed by atoms with Crippen molar-refractivity contribution < 1.29 is 0 Å². The van der Waals surface area contributed by atoms with Gasteiger partial charge in [-0.25, -0.2) is 0 Å². The Labute approximate surface area is 328 Å². The molecule has 0 amide bonds. The normalized spacial score (nSPS) is 17.0. The molecule has 268 valence electrons. The molecular formula is C54H42N2. The van der Waals surface area contributed by atoms with E-state index >= 15 is 0 Å². The third-order valence-electron chi connectivity index (χ3n) is 12.3. The first kappa shape index (κ1) is 32.8. The van der Waals surface area contributed by atoms with Crippen molar-refractivity contribution in [3.8, 4) is 16.8 Å². The number of allylic oxidation sites excluding steroid dienone is 12. The highest BCUT2D eigenvalue weighted by molar-refractivity contribution is 6.11. The zero-order valence-corrected chi connectivity index (χ0v) is 31.4. The van der Waals surface area contributed by atoms with Crippen LogP contribution < -0.4 is 0 Å². The molecule has 3 aliphatic rings. The van der Waals surface area contributed by atoms with Crippen LogP contribution in [0.1, 0.15) is 49.1 Å². The molecule has 3 aliphatic carbocycles. The van der Waals surface area contributed by atoms with Crippen LogP contribution in [-0.4, -0.2) is 9.13 Å². The summed E-state index contributed by atoms with van der Waals surface area (Å²) in [4.78, 5) is 0. The molecule has 2 aromatic heterocycles. The van der Waals surface area contributed by atoms with Crippen LogP contribution in [0.15, 0.2) is 199 Å². The first-order valence-corrected chi connectivity index (χ1v) is 20.1. The van der Waals surface area contributed by atoms with Gasteiger partial charge in [0.2, 0.25) is 0 Å². The number of nitrogens with zero attached hydrogens (tertiary/aromatic N) is 2. The Morgan fingerprint density at radius 1 is 0.464 bits per heavy atom. The Bertz CT molecular complexity index is 3040. The van der Waals surface area contributed by atoms with Gasteiger partial charge in [0.25, 0.3) is 0 Å². The van der Waals surface area contributed by atoms with Crippen LogP contribution in [-0.2, 0) is 0 Å². The predicted octanol–water partition coefficient (Wildman–Crippen LogP) is 14.5. The number of rotatable bonds is 6. The van der Waals surface area contributed by atoms with Gasteiger partial charge < -0.3 is 9.13 Å². The van der Waals surface area contributed by atoms with Crippen LogP contribution in [0, 0.1) is 0 Å². The molecule has 0 saturated heterocycles. The van der Waals surface area contributed by atoms with E-state index in [1.54, 1.807) is 0 Å². The Kier molecular flexibility index (Phi) is 7.95. The topological polar surface area (TPSA) is 9.86 Å². The number of hydrogen-bond acceptors (Lipinski definition) is 0. The first-order chi connectivity index (χ1) is 27.8. The number of benzene rings is 6. The molecule has 56 heavy (non-hydrogen) atoms. The molecule has 0 bridgehead atoms. The van der Waals surface area contributed by atoms with E-state index in [2.05, 4.69) is 197 Å². The van der Waals surface area contributed by atoms with Crippen LogP contribution in [0.4, 0.5) is 0 Å². The molecule has 1 unspecified atom stereocenters. The average molecular weight is 719 g/mol. The third kappa shape index (κ3) is 5.56. The molecule has 8 aromatic rings. The molecule has 1 atom stereocenters. The van der Waals surface area contributed by atoms with Crippen LogP contribution in [0.3, 0.4) is 0 Å². The number of para-hydroxylation sites is 2. The summed E-state index contributed by atoms with van der Waals surface area (Å²) in [6, 6.07) is 51.6. The molecule has 0 N–H and O–H groups in total. The molecule has 2 heteroatoms. The van der Waals surface area contributed by atoms with Crippen LogP contribution in [0.25, 0.3) is 71.7 Å². The lowest BCUT2D eigenvalue weighted by molar-refractivity contribution is 0.858. The summed E-state index contributed by atoms with van der Waals surface area (Å²) >= 11 is 0. The number of fused-ring (bicyclic) bond motifs is 6. The van der Waals surface area contributed by atoms with Gasteiger partial charge in [-0.1, -0.05) is 134 Å². The Morgan fingerprint density at radius 3 is 1.98 bits per heavy atom. The molecule has 11 rings (SSSR count). The fraction of sp³-hybridized carbons (Fsp3) is 0.111. The summed E-state index contributed by atoms with van der Waals surface area (Å²) in [5.74, 6) is 0.302. The van der Waals surface area contributed by atoms with E-state index in [4.69, 9.17) is 0 Å². The van der Waals surface area contributed by atoms with E-state index in [0.29, 0.717) is 5.92 Å². The average Bonchev–Trinajstić information content (AvgIpc) is 3.79. The van der Waals surface area contributed by atoms with Gasteiger partial charge in [0.05, 0.1) is 22.1 Å². The van der Waals surface area contributed by atoms with Gasteiger partial charge in [0.15, 0.2) is 0 Å². The molecule has 0 fully saturated rings. The molecule has 2 heterocycles. The van der Waals surface area contributed by atoms with Gasteiger partial charge in [0.1, 0.15) is 0 Å². The summed E-state index contributed by atoms with van der Waals surface area (Å²) in [7, 11) is 0. The quantitative estimate of drug-likeness (QED) is 0.162. The van der Waals surface area contributed by atoms with Gasteiger partial charge in [0, 0.05) is 38.8 Å². The van der Waals surface area contributed by atoms with Gasteiger partial charge in [-0.05, 0) is 126 Å². The SMILES string of the molecule is C1=CCCC(C2=CC=C(n3c4ccccc4c4cc(C5C=C(c6ccc7c(c6)c6ccccc6n7-c6cccc(-c7ccccc7)c6)C=CC5)ccc43)CC2)=C1. The Morgan fingerprint density at radius 2 is 1.18 bits per heavy atom. The van der Waals surface area contributed by atoms with Crippen molar-refractivity contribution in [1.29, 1.82) is 0 Å². The summed E-state index contributed by atoms with van der Waals surface area (Å²) < 4.78 is 4.94. The van der Waals surface area contributed by atoms with Crippen LogP contribution in [0.2, 0.25) is 0 Å². The maximum Gasteiger partial charge on any atom is 0.0541 e. The second-order valence-electron chi connectivity index (χ2n) is 15.5. The van der Waals surface area contributed by atoms with E-state index in [1.807, 2.05) is 0 Å². The van der Waals surface area contributed by atoms with Crippen molar-refractivity contribution in [2.24, 2.45) is 0 Å². The molecular weight excluding hydrogens is 677 g/mol. The zero-order valence-electron chi connectivity index (χ0n) is 31.4. The zero-order chi connectivity index (χ0) is 37.0. The molecule has 0 spiro atoms. The van der Waals surface area contributed by atoms with Crippen molar-refractivity contribution >= 4 is 54.9 Å². The number of hydrogen-bond donors (Lipinski definition) is 0. The van der Waals surface area contributed by atoms with Crippen molar-refractivity contribution in [3.63, 3.8) is 0 Å². The van der Waals surface area contributed by atoms with Crippen molar-refractivity contribution in [2.45, 2.75) is 38.0 Å². The molecule has 0 aliphatic heterocycles. The summed E-state index contributed by atoms with van der Waals surface area (Å²) in [5, 5.41) is 5.22. The maximum absolute atomic E-state index is 2.52. The lowest BCUT2D eigenvalue weighted by atomic mass is 9.86. The summed E-state index contributed by atoms with van der Waals surface area (Å²) in [6.45, 7) is 0. The van der Waals surface area contributed by atoms with Crippen LogP contribution in [0.5, 0.6) is 0 Å².